The fourth-order valence-electron chi connectivity index (χ4n) is 2.76. The fraction of sp³-hybridized carbons (Fsp3) is 0.500. The van der Waals surface area contributed by atoms with Crippen molar-refractivity contribution in [2.24, 2.45) is 0 Å². The molecule has 1 saturated heterocycles. The molecule has 142 valence electrons. The lowest BCUT2D eigenvalue weighted by molar-refractivity contribution is -0.141. The van der Waals surface area contributed by atoms with Crippen LogP contribution in [-0.2, 0) is 16.2 Å². The van der Waals surface area contributed by atoms with Crippen LogP contribution < -0.4 is 4.90 Å². The number of rotatable bonds is 3. The lowest BCUT2D eigenvalue weighted by atomic mass is 10.3. The maximum Gasteiger partial charge on any atom is 0.433 e. The number of aromatic nitrogens is 3. The molecule has 3 heterocycles. The molecule has 0 N–H and O–H groups in total. The molecule has 12 heteroatoms. The Labute approximate surface area is 147 Å². The number of anilines is 1. The van der Waals surface area contributed by atoms with E-state index in [2.05, 4.69) is 15.1 Å². The molecule has 8 nitrogen and oxygen atoms in total. The van der Waals surface area contributed by atoms with E-state index in [4.69, 9.17) is 4.52 Å². The summed E-state index contributed by atoms with van der Waals surface area (Å²) in [5, 5.41) is 3.65. The molecule has 0 spiro atoms. The average Bonchev–Trinajstić information content (AvgIpc) is 2.93. The summed E-state index contributed by atoms with van der Waals surface area (Å²) >= 11 is 0. The van der Waals surface area contributed by atoms with Gasteiger partial charge in [0.25, 0.3) is 0 Å². The summed E-state index contributed by atoms with van der Waals surface area (Å²) in [6, 6.07) is 0.793. The van der Waals surface area contributed by atoms with Crippen LogP contribution in [0.15, 0.2) is 21.7 Å². The van der Waals surface area contributed by atoms with Crippen molar-refractivity contribution in [3.8, 4) is 0 Å². The van der Waals surface area contributed by atoms with Crippen LogP contribution in [0.2, 0.25) is 0 Å². The van der Waals surface area contributed by atoms with Crippen LogP contribution in [0.5, 0.6) is 0 Å². The van der Waals surface area contributed by atoms with E-state index in [9.17, 15) is 21.6 Å². The molecule has 0 radical (unpaired) electrons. The molecule has 0 atom stereocenters. The van der Waals surface area contributed by atoms with Crippen LogP contribution in [0, 0.1) is 13.8 Å². The van der Waals surface area contributed by atoms with Crippen LogP contribution >= 0.6 is 0 Å². The largest absolute Gasteiger partial charge is 0.433 e. The zero-order valence-electron chi connectivity index (χ0n) is 14.0. The van der Waals surface area contributed by atoms with Crippen LogP contribution in [0.3, 0.4) is 0 Å². The molecule has 2 aromatic heterocycles. The Bertz CT molecular complexity index is 885. The molecule has 2 aromatic rings. The van der Waals surface area contributed by atoms with Gasteiger partial charge in [0.2, 0.25) is 16.0 Å². The predicted octanol–water partition coefficient (Wildman–Crippen LogP) is 1.61. The van der Waals surface area contributed by atoms with E-state index in [-0.39, 0.29) is 48.5 Å². The van der Waals surface area contributed by atoms with Gasteiger partial charge in [0.05, 0.1) is 0 Å². The zero-order chi connectivity index (χ0) is 19.1. The number of piperazine rings is 1. The highest BCUT2D eigenvalue weighted by Crippen LogP contribution is 2.29. The molecular formula is C14H16F3N5O3S. The average molecular weight is 391 g/mol. The Morgan fingerprint density at radius 2 is 1.81 bits per heavy atom. The SMILES string of the molecule is Cc1noc(C)c1S(=O)(=O)N1CCN(c2nccc(C(F)(F)F)n2)CC1. The molecule has 0 aliphatic carbocycles. The highest BCUT2D eigenvalue weighted by atomic mass is 32.2. The van der Waals surface area contributed by atoms with Crippen molar-refractivity contribution < 1.29 is 26.1 Å². The Kier molecular flexibility index (Phi) is 4.65. The third-order valence-corrected chi connectivity index (χ3v) is 6.16. The second-order valence-corrected chi connectivity index (χ2v) is 7.66. The Morgan fingerprint density at radius 3 is 2.35 bits per heavy atom. The number of nitrogens with zero attached hydrogens (tertiary/aromatic N) is 5. The quantitative estimate of drug-likeness (QED) is 0.785. The van der Waals surface area contributed by atoms with Crippen molar-refractivity contribution in [3.05, 3.63) is 29.4 Å². The number of hydrogen-bond acceptors (Lipinski definition) is 7. The zero-order valence-corrected chi connectivity index (χ0v) is 14.8. The highest BCUT2D eigenvalue weighted by Gasteiger charge is 2.35. The Balaban J connectivity index is 1.76. The highest BCUT2D eigenvalue weighted by molar-refractivity contribution is 7.89. The minimum atomic E-state index is -4.56. The topological polar surface area (TPSA) is 92.4 Å². The van der Waals surface area contributed by atoms with Gasteiger partial charge in [0, 0.05) is 32.4 Å². The summed E-state index contributed by atoms with van der Waals surface area (Å²) in [4.78, 5) is 8.95. The molecule has 0 unspecified atom stereocenters. The molecule has 1 fully saturated rings. The maximum absolute atomic E-state index is 12.8. The molecular weight excluding hydrogens is 375 g/mol. The number of hydrogen-bond donors (Lipinski definition) is 0. The lowest BCUT2D eigenvalue weighted by Gasteiger charge is -2.33. The van der Waals surface area contributed by atoms with Crippen molar-refractivity contribution in [2.75, 3.05) is 31.1 Å². The van der Waals surface area contributed by atoms with Crippen LogP contribution in [0.25, 0.3) is 0 Å². The predicted molar refractivity (Wildman–Crippen MR) is 84.0 cm³/mol. The Morgan fingerprint density at radius 1 is 1.15 bits per heavy atom. The summed E-state index contributed by atoms with van der Waals surface area (Å²) in [5.74, 6) is 0.125. The van der Waals surface area contributed by atoms with E-state index in [1.165, 1.54) is 23.1 Å². The van der Waals surface area contributed by atoms with Crippen LogP contribution in [-0.4, -0.2) is 54.0 Å². The van der Waals surface area contributed by atoms with E-state index in [1.54, 1.807) is 0 Å². The molecule has 1 aliphatic heterocycles. The number of alkyl halides is 3. The first-order valence-corrected chi connectivity index (χ1v) is 9.13. The third-order valence-electron chi connectivity index (χ3n) is 4.02. The van der Waals surface area contributed by atoms with Crippen LogP contribution in [0.4, 0.5) is 19.1 Å². The van der Waals surface area contributed by atoms with Crippen molar-refractivity contribution >= 4 is 16.0 Å². The van der Waals surface area contributed by atoms with Gasteiger partial charge in [-0.15, -0.1) is 0 Å². The first-order chi connectivity index (χ1) is 12.1. The maximum atomic E-state index is 12.8. The molecule has 0 bridgehead atoms. The molecule has 26 heavy (non-hydrogen) atoms. The van der Waals surface area contributed by atoms with E-state index in [0.717, 1.165) is 12.3 Å². The minimum absolute atomic E-state index is 0.0290. The van der Waals surface area contributed by atoms with E-state index in [1.807, 2.05) is 0 Å². The van der Waals surface area contributed by atoms with Gasteiger partial charge in [-0.05, 0) is 19.9 Å². The minimum Gasteiger partial charge on any atom is -0.360 e. The van der Waals surface area contributed by atoms with Gasteiger partial charge >= 0.3 is 6.18 Å². The van der Waals surface area contributed by atoms with Gasteiger partial charge in [-0.2, -0.15) is 17.5 Å². The molecule has 1 aliphatic rings. The van der Waals surface area contributed by atoms with Gasteiger partial charge in [0.1, 0.15) is 16.3 Å². The Hall–Kier alpha value is -2.21. The van der Waals surface area contributed by atoms with Gasteiger partial charge in [-0.1, -0.05) is 5.16 Å². The summed E-state index contributed by atoms with van der Waals surface area (Å²) in [6.07, 6.45) is -3.52. The summed E-state index contributed by atoms with van der Waals surface area (Å²) in [7, 11) is -3.79. The first kappa shape index (κ1) is 18.6. The van der Waals surface area contributed by atoms with Crippen molar-refractivity contribution in [3.63, 3.8) is 0 Å². The smallest absolute Gasteiger partial charge is 0.360 e. The molecule has 0 saturated carbocycles. The second kappa shape index (κ2) is 6.50. The van der Waals surface area contributed by atoms with Gasteiger partial charge in [-0.3, -0.25) is 0 Å². The standard InChI is InChI=1S/C14H16F3N5O3S/c1-9-12(10(2)25-20-9)26(23,24)22-7-5-21(6-8-22)13-18-4-3-11(19-13)14(15,16)17/h3-4H,5-8H2,1-2H3. The van der Waals surface area contributed by atoms with Crippen molar-refractivity contribution in [2.45, 2.75) is 24.9 Å². The molecule has 3 rings (SSSR count). The fourth-order valence-corrected chi connectivity index (χ4v) is 4.47. The van der Waals surface area contributed by atoms with Crippen molar-refractivity contribution in [1.82, 2.24) is 19.4 Å². The van der Waals surface area contributed by atoms with E-state index >= 15 is 0 Å². The number of halogens is 3. The molecule has 0 amide bonds. The van der Waals surface area contributed by atoms with E-state index in [0.29, 0.717) is 0 Å². The van der Waals surface area contributed by atoms with Crippen LogP contribution in [0.1, 0.15) is 17.1 Å². The second-order valence-electron chi connectivity index (χ2n) is 5.78. The third kappa shape index (κ3) is 3.38. The van der Waals surface area contributed by atoms with Gasteiger partial charge < -0.3 is 9.42 Å². The normalized spacial score (nSPS) is 16.9. The monoisotopic (exact) mass is 391 g/mol. The van der Waals surface area contributed by atoms with Gasteiger partial charge in [0.15, 0.2) is 5.76 Å². The first-order valence-electron chi connectivity index (χ1n) is 7.69. The number of aryl methyl sites for hydroxylation is 2. The lowest BCUT2D eigenvalue weighted by Crippen LogP contribution is -2.49. The summed E-state index contributed by atoms with van der Waals surface area (Å²) in [5.41, 5.74) is -0.764. The summed E-state index contributed by atoms with van der Waals surface area (Å²) < 4.78 is 70.0. The van der Waals surface area contributed by atoms with Gasteiger partial charge in [-0.25, -0.2) is 18.4 Å². The number of sulfonamides is 1. The molecule has 0 aromatic carbocycles. The van der Waals surface area contributed by atoms with E-state index < -0.39 is 21.9 Å². The summed E-state index contributed by atoms with van der Waals surface area (Å²) in [6.45, 7) is 3.57. The van der Waals surface area contributed by atoms with Crippen molar-refractivity contribution in [1.29, 1.82) is 0 Å².